The highest BCUT2D eigenvalue weighted by Gasteiger charge is 2.40. The first-order valence-electron chi connectivity index (χ1n) is 4.93. The van der Waals surface area contributed by atoms with Crippen molar-refractivity contribution in [3.05, 3.63) is 12.2 Å². The van der Waals surface area contributed by atoms with Gasteiger partial charge in [-0.2, -0.15) is 0 Å². The summed E-state index contributed by atoms with van der Waals surface area (Å²) in [4.78, 5) is 11.6. The lowest BCUT2D eigenvalue weighted by Crippen LogP contribution is -2.36. The molecule has 1 heteroatoms. The zero-order chi connectivity index (χ0) is 10.3. The van der Waals surface area contributed by atoms with Crippen LogP contribution in [0.2, 0.25) is 0 Å². The van der Waals surface area contributed by atoms with Crippen LogP contribution in [0.3, 0.4) is 0 Å². The summed E-state index contributed by atoms with van der Waals surface area (Å²) in [6.45, 7) is 12.5. The van der Waals surface area contributed by atoms with E-state index in [1.807, 2.05) is 6.92 Å². The zero-order valence-corrected chi connectivity index (χ0v) is 9.24. The molecule has 1 nitrogen and oxygen atoms in total. The Morgan fingerprint density at radius 3 is 2.23 bits per heavy atom. The summed E-state index contributed by atoms with van der Waals surface area (Å²) >= 11 is 0. The van der Waals surface area contributed by atoms with Gasteiger partial charge in [0, 0.05) is 12.8 Å². The molecule has 0 amide bonds. The number of hydrogen-bond donors (Lipinski definition) is 0. The smallest absolute Gasteiger partial charge is 0.134 e. The van der Waals surface area contributed by atoms with Crippen LogP contribution in [0.15, 0.2) is 12.2 Å². The van der Waals surface area contributed by atoms with E-state index in [0.717, 1.165) is 18.4 Å². The van der Waals surface area contributed by atoms with Crippen molar-refractivity contribution in [2.45, 2.75) is 47.0 Å². The molecule has 1 aliphatic carbocycles. The summed E-state index contributed by atoms with van der Waals surface area (Å²) in [6.07, 6.45) is 2.50. The third-order valence-electron chi connectivity index (χ3n) is 3.16. The molecule has 0 saturated heterocycles. The topological polar surface area (TPSA) is 17.1 Å². The lowest BCUT2D eigenvalue weighted by atomic mass is 9.61. The van der Waals surface area contributed by atoms with Gasteiger partial charge in [-0.05, 0) is 24.2 Å². The molecule has 74 valence electrons. The number of ketones is 1. The van der Waals surface area contributed by atoms with Crippen LogP contribution >= 0.6 is 0 Å². The van der Waals surface area contributed by atoms with Crippen molar-refractivity contribution in [3.8, 4) is 0 Å². The molecule has 13 heavy (non-hydrogen) atoms. The van der Waals surface area contributed by atoms with Crippen LogP contribution in [0.1, 0.15) is 47.0 Å². The number of carbonyl (C=O) groups is 1. The van der Waals surface area contributed by atoms with Gasteiger partial charge < -0.3 is 0 Å². The van der Waals surface area contributed by atoms with Crippen molar-refractivity contribution in [3.63, 3.8) is 0 Å². The Balaban J connectivity index is 2.91. The number of carbonyl (C=O) groups excluding carboxylic acids is 1. The number of rotatable bonds is 1. The Kier molecular flexibility index (Phi) is 2.40. The summed E-state index contributed by atoms with van der Waals surface area (Å²) < 4.78 is 0. The molecule has 1 rings (SSSR count). The second kappa shape index (κ2) is 2.97. The first-order chi connectivity index (χ1) is 5.75. The van der Waals surface area contributed by atoms with E-state index in [1.165, 1.54) is 0 Å². The van der Waals surface area contributed by atoms with Crippen LogP contribution in [0, 0.1) is 10.8 Å². The van der Waals surface area contributed by atoms with Crippen molar-refractivity contribution in [2.75, 3.05) is 0 Å². The molecule has 0 aromatic rings. The van der Waals surface area contributed by atoms with Gasteiger partial charge in [-0.1, -0.05) is 32.9 Å². The van der Waals surface area contributed by atoms with Crippen molar-refractivity contribution in [1.29, 1.82) is 0 Å². The molecule has 0 N–H and O–H groups in total. The molecular formula is C12H20O. The average molecular weight is 180 g/mol. The zero-order valence-electron chi connectivity index (χ0n) is 9.24. The SMILES string of the molecule is C=C(C)C1(C)CC(=O)CC(C)(C)C1. The van der Waals surface area contributed by atoms with Gasteiger partial charge in [0.25, 0.3) is 0 Å². The van der Waals surface area contributed by atoms with Gasteiger partial charge in [-0.15, -0.1) is 0 Å². The van der Waals surface area contributed by atoms with Crippen LogP contribution in [0.25, 0.3) is 0 Å². The number of hydrogen-bond acceptors (Lipinski definition) is 1. The molecule has 1 aliphatic rings. The lowest BCUT2D eigenvalue weighted by Gasteiger charge is -2.42. The molecule has 0 bridgehead atoms. The van der Waals surface area contributed by atoms with E-state index in [9.17, 15) is 4.79 Å². The van der Waals surface area contributed by atoms with Gasteiger partial charge in [-0.3, -0.25) is 4.79 Å². The van der Waals surface area contributed by atoms with E-state index in [0.29, 0.717) is 12.2 Å². The van der Waals surface area contributed by atoms with E-state index < -0.39 is 0 Å². The average Bonchev–Trinajstić information content (AvgIpc) is 1.79. The normalized spacial score (nSPS) is 33.1. The maximum absolute atomic E-state index is 11.6. The highest BCUT2D eigenvalue weighted by molar-refractivity contribution is 5.81. The van der Waals surface area contributed by atoms with Gasteiger partial charge in [0.15, 0.2) is 0 Å². The van der Waals surface area contributed by atoms with Gasteiger partial charge in [0.2, 0.25) is 0 Å². The first kappa shape index (κ1) is 10.5. The summed E-state index contributed by atoms with van der Waals surface area (Å²) in [5, 5.41) is 0. The molecule has 1 atom stereocenters. The fourth-order valence-corrected chi connectivity index (χ4v) is 2.51. The highest BCUT2D eigenvalue weighted by atomic mass is 16.1. The summed E-state index contributed by atoms with van der Waals surface area (Å²) in [5.74, 6) is 0.391. The summed E-state index contributed by atoms with van der Waals surface area (Å²) in [6, 6.07) is 0. The fraction of sp³-hybridized carbons (Fsp3) is 0.750. The van der Waals surface area contributed by atoms with Gasteiger partial charge in [0.05, 0.1) is 0 Å². The van der Waals surface area contributed by atoms with Crippen LogP contribution in [-0.2, 0) is 4.79 Å². The maximum atomic E-state index is 11.6. The Morgan fingerprint density at radius 2 is 1.85 bits per heavy atom. The third-order valence-corrected chi connectivity index (χ3v) is 3.16. The lowest BCUT2D eigenvalue weighted by molar-refractivity contribution is -0.126. The van der Waals surface area contributed by atoms with Crippen molar-refractivity contribution < 1.29 is 4.79 Å². The molecule has 0 heterocycles. The van der Waals surface area contributed by atoms with Crippen molar-refractivity contribution in [2.24, 2.45) is 10.8 Å². The van der Waals surface area contributed by atoms with E-state index in [1.54, 1.807) is 0 Å². The Labute approximate surface area is 81.2 Å². The van der Waals surface area contributed by atoms with Crippen LogP contribution in [0.5, 0.6) is 0 Å². The molecule has 1 unspecified atom stereocenters. The minimum atomic E-state index is 0.0405. The fourth-order valence-electron chi connectivity index (χ4n) is 2.51. The van der Waals surface area contributed by atoms with E-state index >= 15 is 0 Å². The number of Topliss-reactive ketones (excluding diaryl/α,β-unsaturated/α-hetero) is 1. The molecule has 0 aromatic heterocycles. The largest absolute Gasteiger partial charge is 0.300 e. The maximum Gasteiger partial charge on any atom is 0.134 e. The first-order valence-corrected chi connectivity index (χ1v) is 4.93. The molecule has 0 radical (unpaired) electrons. The molecule has 0 aromatic carbocycles. The van der Waals surface area contributed by atoms with Crippen molar-refractivity contribution >= 4 is 5.78 Å². The molecule has 0 spiro atoms. The highest BCUT2D eigenvalue weighted by Crippen LogP contribution is 2.47. The second-order valence-electron chi connectivity index (χ2n) is 5.57. The third kappa shape index (κ3) is 2.20. The van der Waals surface area contributed by atoms with E-state index in [4.69, 9.17) is 0 Å². The standard InChI is InChI=1S/C12H20O/c1-9(2)12(5)7-10(13)6-11(3,4)8-12/h1,6-8H2,2-5H3. The Bertz CT molecular complexity index is 250. The van der Waals surface area contributed by atoms with Crippen LogP contribution < -0.4 is 0 Å². The Morgan fingerprint density at radius 1 is 1.31 bits per heavy atom. The number of allylic oxidation sites excluding steroid dienone is 1. The monoisotopic (exact) mass is 180 g/mol. The molecule has 0 aliphatic heterocycles. The molecular weight excluding hydrogens is 160 g/mol. The molecule has 1 saturated carbocycles. The summed E-state index contributed by atoms with van der Waals surface area (Å²) in [7, 11) is 0. The minimum absolute atomic E-state index is 0.0405. The minimum Gasteiger partial charge on any atom is -0.300 e. The van der Waals surface area contributed by atoms with Gasteiger partial charge >= 0.3 is 0 Å². The Hall–Kier alpha value is -0.590. The molecule has 1 fully saturated rings. The van der Waals surface area contributed by atoms with E-state index in [-0.39, 0.29) is 10.8 Å². The predicted molar refractivity (Wildman–Crippen MR) is 55.6 cm³/mol. The van der Waals surface area contributed by atoms with E-state index in [2.05, 4.69) is 27.4 Å². The van der Waals surface area contributed by atoms with Gasteiger partial charge in [0.1, 0.15) is 5.78 Å². The van der Waals surface area contributed by atoms with Crippen LogP contribution in [-0.4, -0.2) is 5.78 Å². The van der Waals surface area contributed by atoms with Crippen LogP contribution in [0.4, 0.5) is 0 Å². The second-order valence-corrected chi connectivity index (χ2v) is 5.57. The predicted octanol–water partition coefficient (Wildman–Crippen LogP) is 3.35. The van der Waals surface area contributed by atoms with Crippen molar-refractivity contribution in [1.82, 2.24) is 0 Å². The summed E-state index contributed by atoms with van der Waals surface area (Å²) in [5.41, 5.74) is 1.34. The quantitative estimate of drug-likeness (QED) is 0.565. The van der Waals surface area contributed by atoms with Gasteiger partial charge in [-0.25, -0.2) is 0 Å².